The third-order valence-electron chi connectivity index (χ3n) is 5.78. The van der Waals surface area contributed by atoms with Crippen LogP contribution in [-0.2, 0) is 21.2 Å². The maximum atomic E-state index is 13.3. The van der Waals surface area contributed by atoms with E-state index in [1.54, 1.807) is 24.3 Å². The molecule has 0 radical (unpaired) electrons. The van der Waals surface area contributed by atoms with Crippen LogP contribution in [0.25, 0.3) is 6.08 Å². The van der Waals surface area contributed by atoms with Gasteiger partial charge in [-0.1, -0.05) is 24.3 Å². The molecule has 0 unspecified atom stereocenters. The number of sulfonamides is 1. The molecule has 5 nitrogen and oxygen atoms in total. The zero-order chi connectivity index (χ0) is 20.0. The van der Waals surface area contributed by atoms with Gasteiger partial charge in [-0.3, -0.25) is 9.10 Å². The van der Waals surface area contributed by atoms with Gasteiger partial charge in [-0.2, -0.15) is 0 Å². The van der Waals surface area contributed by atoms with Gasteiger partial charge >= 0.3 is 0 Å². The van der Waals surface area contributed by atoms with Gasteiger partial charge < -0.3 is 5.32 Å². The van der Waals surface area contributed by atoms with Crippen LogP contribution in [0.5, 0.6) is 0 Å². The molecule has 150 valence electrons. The normalized spacial score (nSPS) is 18.1. The Morgan fingerprint density at radius 1 is 1.03 bits per heavy atom. The van der Waals surface area contributed by atoms with Crippen LogP contribution in [0, 0.1) is 5.92 Å². The fraction of sp³-hybridized carbons (Fsp3) is 0.348. The van der Waals surface area contributed by atoms with E-state index in [2.05, 4.69) is 5.32 Å². The first-order valence-electron chi connectivity index (χ1n) is 10.2. The number of hydrogen-bond acceptors (Lipinski definition) is 3. The second-order valence-corrected chi connectivity index (χ2v) is 10.1. The van der Waals surface area contributed by atoms with Gasteiger partial charge in [-0.15, -0.1) is 0 Å². The molecule has 0 heterocycles. The lowest BCUT2D eigenvalue weighted by Crippen LogP contribution is -2.33. The molecule has 2 fully saturated rings. The Morgan fingerprint density at radius 2 is 1.79 bits per heavy atom. The molecule has 2 aromatic carbocycles. The van der Waals surface area contributed by atoms with Crippen LogP contribution in [0.15, 0.2) is 59.0 Å². The first-order chi connectivity index (χ1) is 14.0. The highest BCUT2D eigenvalue weighted by molar-refractivity contribution is 7.92. The van der Waals surface area contributed by atoms with Crippen LogP contribution < -0.4 is 9.62 Å². The number of nitrogens with one attached hydrogen (secondary N) is 1. The smallest absolute Gasteiger partial charge is 0.264 e. The Labute approximate surface area is 171 Å². The number of nitrogens with zero attached hydrogens (tertiary/aromatic N) is 1. The van der Waals surface area contributed by atoms with Crippen molar-refractivity contribution in [3.63, 3.8) is 0 Å². The predicted molar refractivity (Wildman–Crippen MR) is 113 cm³/mol. The summed E-state index contributed by atoms with van der Waals surface area (Å²) < 4.78 is 28.2. The molecule has 5 rings (SSSR count). The Hall–Kier alpha value is -2.60. The number of hydrogen-bond donors (Lipinski definition) is 1. The van der Waals surface area contributed by atoms with E-state index in [9.17, 15) is 13.2 Å². The Balaban J connectivity index is 1.46. The van der Waals surface area contributed by atoms with Crippen molar-refractivity contribution in [1.82, 2.24) is 5.32 Å². The largest absolute Gasteiger partial charge is 0.350 e. The van der Waals surface area contributed by atoms with Crippen LogP contribution in [0.2, 0.25) is 0 Å². The Bertz CT molecular complexity index is 1080. The number of carbonyl (C=O) groups is 1. The number of amides is 1. The summed E-state index contributed by atoms with van der Waals surface area (Å²) in [5.41, 5.74) is 3.42. The monoisotopic (exact) mass is 408 g/mol. The summed E-state index contributed by atoms with van der Waals surface area (Å²) in [6, 6.07) is 14.7. The summed E-state index contributed by atoms with van der Waals surface area (Å²) in [7, 11) is -3.63. The second-order valence-electron chi connectivity index (χ2n) is 8.27. The summed E-state index contributed by atoms with van der Waals surface area (Å²) in [6.45, 7) is 0.495. The summed E-state index contributed by atoms with van der Waals surface area (Å²) in [5.74, 6) is 0.411. The van der Waals surface area contributed by atoms with Crippen molar-refractivity contribution in [3.05, 3.63) is 65.2 Å². The molecule has 6 heteroatoms. The van der Waals surface area contributed by atoms with Crippen molar-refractivity contribution in [2.24, 2.45) is 5.92 Å². The number of rotatable bonds is 7. The van der Waals surface area contributed by atoms with Crippen LogP contribution in [0.1, 0.15) is 36.8 Å². The van der Waals surface area contributed by atoms with E-state index in [0.717, 1.165) is 42.4 Å². The maximum Gasteiger partial charge on any atom is 0.264 e. The highest BCUT2D eigenvalue weighted by atomic mass is 32.2. The third kappa shape index (κ3) is 3.81. The van der Waals surface area contributed by atoms with Crippen LogP contribution in [0.4, 0.5) is 5.69 Å². The van der Waals surface area contributed by atoms with Gasteiger partial charge in [0, 0.05) is 24.6 Å². The van der Waals surface area contributed by atoms with E-state index in [1.165, 1.54) is 4.31 Å². The molecular formula is C23H24N2O3S. The minimum absolute atomic E-state index is 0.00278. The van der Waals surface area contributed by atoms with Crippen LogP contribution in [-0.4, -0.2) is 26.9 Å². The van der Waals surface area contributed by atoms with Crippen LogP contribution >= 0.6 is 0 Å². The van der Waals surface area contributed by atoms with E-state index in [-0.39, 0.29) is 5.91 Å². The van der Waals surface area contributed by atoms with Gasteiger partial charge in [0.1, 0.15) is 0 Å². The maximum absolute atomic E-state index is 13.3. The average Bonchev–Trinajstić information content (AvgIpc) is 3.65. The van der Waals surface area contributed by atoms with Crippen LogP contribution in [0.3, 0.4) is 0 Å². The molecule has 1 N–H and O–H groups in total. The summed E-state index contributed by atoms with van der Waals surface area (Å²) in [4.78, 5) is 12.7. The van der Waals surface area contributed by atoms with Crippen molar-refractivity contribution in [3.8, 4) is 0 Å². The van der Waals surface area contributed by atoms with Gasteiger partial charge in [0.2, 0.25) is 5.91 Å². The highest BCUT2D eigenvalue weighted by Crippen LogP contribution is 2.36. The lowest BCUT2D eigenvalue weighted by atomic mass is 10.1. The molecule has 0 bridgehead atoms. The molecule has 3 aliphatic rings. The summed E-state index contributed by atoms with van der Waals surface area (Å²) in [5, 5.41) is 3.03. The molecular weight excluding hydrogens is 384 g/mol. The number of fused-ring (bicyclic) bond motifs is 1. The molecule has 0 aliphatic heterocycles. The number of benzene rings is 2. The molecule has 3 aliphatic carbocycles. The first-order valence-corrected chi connectivity index (χ1v) is 11.7. The lowest BCUT2D eigenvalue weighted by Gasteiger charge is -2.25. The number of carbonyl (C=O) groups excluding carboxylic acids is 1. The third-order valence-corrected chi connectivity index (χ3v) is 7.59. The molecule has 0 atom stereocenters. The van der Waals surface area contributed by atoms with Gasteiger partial charge in [-0.25, -0.2) is 8.42 Å². The summed E-state index contributed by atoms with van der Waals surface area (Å²) >= 11 is 0. The SMILES string of the molecule is O=C(NC1CC1)C1=Cc2cc(N(CC3CC3)S(=O)(=O)c3ccccc3)ccc2C1. The van der Waals surface area contributed by atoms with Crippen molar-refractivity contribution < 1.29 is 13.2 Å². The zero-order valence-electron chi connectivity index (χ0n) is 16.2. The molecule has 1 amide bonds. The average molecular weight is 409 g/mol. The molecule has 2 aromatic rings. The molecule has 0 saturated heterocycles. The standard InChI is InChI=1S/C23H24N2O3S/c26-23(24-20-9-10-20)19-12-17-8-11-21(14-18(17)13-19)25(15-16-6-7-16)29(27,28)22-4-2-1-3-5-22/h1-5,8,11,13-14,16,20H,6-7,9-10,12,15H2,(H,24,26). The first kappa shape index (κ1) is 18.4. The van der Waals surface area contributed by atoms with Gasteiger partial charge in [0.05, 0.1) is 10.6 Å². The fourth-order valence-corrected chi connectivity index (χ4v) is 5.28. The van der Waals surface area contributed by atoms with Gasteiger partial charge in [-0.05, 0) is 73.1 Å². The van der Waals surface area contributed by atoms with Crippen molar-refractivity contribution in [2.45, 2.75) is 43.0 Å². The topological polar surface area (TPSA) is 66.5 Å². The van der Waals surface area contributed by atoms with E-state index in [1.807, 2.05) is 30.3 Å². The zero-order valence-corrected chi connectivity index (χ0v) is 17.0. The van der Waals surface area contributed by atoms with Gasteiger partial charge in [0.25, 0.3) is 10.0 Å². The molecule has 0 aromatic heterocycles. The minimum Gasteiger partial charge on any atom is -0.350 e. The fourth-order valence-electron chi connectivity index (χ4n) is 3.73. The minimum atomic E-state index is -3.63. The lowest BCUT2D eigenvalue weighted by molar-refractivity contribution is -0.117. The second kappa shape index (κ2) is 7.02. The Kier molecular flexibility index (Phi) is 4.46. The van der Waals surface area contributed by atoms with E-state index in [0.29, 0.717) is 35.5 Å². The summed E-state index contributed by atoms with van der Waals surface area (Å²) in [6.07, 6.45) is 6.75. The van der Waals surface area contributed by atoms with E-state index in [4.69, 9.17) is 0 Å². The molecule has 2 saturated carbocycles. The van der Waals surface area contributed by atoms with E-state index < -0.39 is 10.0 Å². The van der Waals surface area contributed by atoms with Crippen molar-refractivity contribution in [1.29, 1.82) is 0 Å². The highest BCUT2D eigenvalue weighted by Gasteiger charge is 2.33. The predicted octanol–water partition coefficient (Wildman–Crippen LogP) is 3.51. The van der Waals surface area contributed by atoms with Crippen molar-refractivity contribution >= 4 is 27.7 Å². The van der Waals surface area contributed by atoms with Gasteiger partial charge in [0.15, 0.2) is 0 Å². The Morgan fingerprint density at radius 3 is 2.48 bits per heavy atom. The quantitative estimate of drug-likeness (QED) is 0.762. The van der Waals surface area contributed by atoms with Crippen molar-refractivity contribution in [2.75, 3.05) is 10.8 Å². The van der Waals surface area contributed by atoms with E-state index >= 15 is 0 Å². The number of anilines is 1. The molecule has 0 spiro atoms. The molecule has 29 heavy (non-hydrogen) atoms.